The fourth-order valence-electron chi connectivity index (χ4n) is 2.55. The molecular formula is C20H29F3N2O3. The predicted octanol–water partition coefficient (Wildman–Crippen LogP) is 4.14. The zero-order valence-electron chi connectivity index (χ0n) is 17.2. The Balaban J connectivity index is 2.62. The van der Waals surface area contributed by atoms with E-state index in [-0.39, 0.29) is 11.5 Å². The van der Waals surface area contributed by atoms with Gasteiger partial charge in [-0.2, -0.15) is 13.2 Å². The summed E-state index contributed by atoms with van der Waals surface area (Å²) in [7, 11) is 0. The second-order valence-corrected chi connectivity index (χ2v) is 8.53. The van der Waals surface area contributed by atoms with Crippen molar-refractivity contribution in [2.45, 2.75) is 77.7 Å². The van der Waals surface area contributed by atoms with E-state index in [0.29, 0.717) is 6.42 Å². The molecule has 0 heterocycles. The lowest BCUT2D eigenvalue weighted by atomic mass is 9.93. The minimum atomic E-state index is -4.24. The molecule has 0 aromatic heterocycles. The van der Waals surface area contributed by atoms with Gasteiger partial charge < -0.3 is 15.4 Å². The molecule has 1 aromatic rings. The number of rotatable bonds is 6. The van der Waals surface area contributed by atoms with Gasteiger partial charge in [0.2, 0.25) is 5.91 Å². The van der Waals surface area contributed by atoms with Gasteiger partial charge >= 0.3 is 12.3 Å². The molecule has 0 aliphatic heterocycles. The minimum Gasteiger partial charge on any atom is -0.444 e. The molecule has 0 unspecified atom stereocenters. The number of halogens is 3. The highest BCUT2D eigenvalue weighted by atomic mass is 19.4. The van der Waals surface area contributed by atoms with E-state index in [0.717, 1.165) is 5.56 Å². The number of alkyl carbamates (subject to hydrolysis) is 1. The fourth-order valence-corrected chi connectivity index (χ4v) is 2.55. The van der Waals surface area contributed by atoms with Gasteiger partial charge in [-0.05, 0) is 59.1 Å². The zero-order valence-corrected chi connectivity index (χ0v) is 17.2. The molecule has 1 aromatic carbocycles. The van der Waals surface area contributed by atoms with E-state index in [1.807, 2.05) is 0 Å². The summed E-state index contributed by atoms with van der Waals surface area (Å²) in [6.07, 6.45) is -5.48. The Labute approximate surface area is 164 Å². The lowest BCUT2D eigenvalue weighted by Crippen LogP contribution is -2.53. The van der Waals surface area contributed by atoms with Crippen LogP contribution in [-0.4, -0.2) is 35.4 Å². The molecule has 0 saturated heterocycles. The Hall–Kier alpha value is -2.25. The van der Waals surface area contributed by atoms with Gasteiger partial charge in [0.25, 0.3) is 0 Å². The fraction of sp³-hybridized carbons (Fsp3) is 0.600. The molecule has 2 amide bonds. The van der Waals surface area contributed by atoms with E-state index in [9.17, 15) is 22.8 Å². The normalized spacial score (nSPS) is 13.6. The summed E-state index contributed by atoms with van der Waals surface area (Å²) >= 11 is 0. The Kier molecular flexibility index (Phi) is 7.51. The monoisotopic (exact) mass is 402 g/mol. The van der Waals surface area contributed by atoms with Gasteiger partial charge in [-0.3, -0.25) is 4.79 Å². The molecule has 28 heavy (non-hydrogen) atoms. The average Bonchev–Trinajstić information content (AvgIpc) is 2.44. The summed E-state index contributed by atoms with van der Waals surface area (Å²) < 4.78 is 42.4. The van der Waals surface area contributed by atoms with E-state index in [2.05, 4.69) is 10.6 Å². The van der Waals surface area contributed by atoms with E-state index >= 15 is 0 Å². The highest BCUT2D eigenvalue weighted by molar-refractivity contribution is 5.85. The van der Waals surface area contributed by atoms with Crippen molar-refractivity contribution < 1.29 is 27.5 Å². The van der Waals surface area contributed by atoms with Crippen LogP contribution in [0.1, 0.15) is 52.7 Å². The molecule has 0 aliphatic carbocycles. The smallest absolute Gasteiger partial charge is 0.408 e. The van der Waals surface area contributed by atoms with Crippen molar-refractivity contribution in [1.29, 1.82) is 0 Å². The third-order valence-electron chi connectivity index (χ3n) is 3.66. The summed E-state index contributed by atoms with van der Waals surface area (Å²) in [5.74, 6) is -0.385. The van der Waals surface area contributed by atoms with Crippen LogP contribution in [0.5, 0.6) is 0 Å². The number of hydrogen-bond donors (Lipinski definition) is 2. The van der Waals surface area contributed by atoms with Crippen LogP contribution in [0.25, 0.3) is 0 Å². The SMILES string of the molecule is C[C@H](NC(=O)OC(C)(C)C)C(=O)NC(C)(C)Cc1ccc(CC(F)(F)F)cc1. The first-order chi connectivity index (χ1) is 12.6. The summed E-state index contributed by atoms with van der Waals surface area (Å²) in [4.78, 5) is 24.1. The summed E-state index contributed by atoms with van der Waals surface area (Å²) in [5, 5.41) is 5.31. The quantitative estimate of drug-likeness (QED) is 0.751. The number of carbonyl (C=O) groups excluding carboxylic acids is 2. The molecule has 0 aliphatic rings. The molecule has 0 saturated carbocycles. The van der Waals surface area contributed by atoms with Crippen molar-refractivity contribution in [2.24, 2.45) is 0 Å². The van der Waals surface area contributed by atoms with Crippen LogP contribution in [0, 0.1) is 0 Å². The molecule has 0 spiro atoms. The molecule has 8 heteroatoms. The van der Waals surface area contributed by atoms with Crippen LogP contribution in [0.4, 0.5) is 18.0 Å². The maximum atomic E-state index is 12.4. The molecule has 0 fully saturated rings. The van der Waals surface area contributed by atoms with E-state index in [1.54, 1.807) is 53.7 Å². The maximum absolute atomic E-state index is 12.4. The van der Waals surface area contributed by atoms with Crippen LogP contribution in [0.3, 0.4) is 0 Å². The first kappa shape index (κ1) is 23.8. The molecule has 1 rings (SSSR count). The van der Waals surface area contributed by atoms with Crippen molar-refractivity contribution in [3.63, 3.8) is 0 Å². The van der Waals surface area contributed by atoms with Gasteiger partial charge in [-0.25, -0.2) is 4.79 Å². The first-order valence-corrected chi connectivity index (χ1v) is 9.02. The number of ether oxygens (including phenoxy) is 1. The molecule has 2 N–H and O–H groups in total. The van der Waals surface area contributed by atoms with Crippen LogP contribution < -0.4 is 10.6 Å². The Morgan fingerprint density at radius 2 is 1.43 bits per heavy atom. The van der Waals surface area contributed by atoms with Gasteiger partial charge in [0, 0.05) is 5.54 Å². The molecular weight excluding hydrogens is 373 g/mol. The molecule has 5 nitrogen and oxygen atoms in total. The highest BCUT2D eigenvalue weighted by Gasteiger charge is 2.28. The third-order valence-corrected chi connectivity index (χ3v) is 3.66. The summed E-state index contributed by atoms with van der Waals surface area (Å²) in [6.45, 7) is 10.3. The van der Waals surface area contributed by atoms with Crippen molar-refractivity contribution in [1.82, 2.24) is 10.6 Å². The van der Waals surface area contributed by atoms with Gasteiger partial charge in [0.1, 0.15) is 11.6 Å². The van der Waals surface area contributed by atoms with Crippen LogP contribution in [0.15, 0.2) is 24.3 Å². The first-order valence-electron chi connectivity index (χ1n) is 9.02. The highest BCUT2D eigenvalue weighted by Crippen LogP contribution is 2.22. The number of hydrogen-bond acceptors (Lipinski definition) is 3. The number of benzene rings is 1. The zero-order chi connectivity index (χ0) is 21.8. The van der Waals surface area contributed by atoms with E-state index < -0.39 is 35.9 Å². The number of carbonyl (C=O) groups is 2. The average molecular weight is 402 g/mol. The number of alkyl halides is 3. The Morgan fingerprint density at radius 1 is 0.964 bits per heavy atom. The predicted molar refractivity (Wildman–Crippen MR) is 101 cm³/mol. The molecule has 158 valence electrons. The molecule has 0 radical (unpaired) electrons. The second kappa shape index (κ2) is 8.84. The third kappa shape index (κ3) is 9.62. The van der Waals surface area contributed by atoms with Crippen molar-refractivity contribution in [3.8, 4) is 0 Å². The standard InChI is InChI=1S/C20H29F3N2O3/c1-13(24-17(27)28-18(2,3)4)16(26)25-19(5,6)11-14-7-9-15(10-8-14)12-20(21,22)23/h7-10,13H,11-12H2,1-6H3,(H,24,27)(H,25,26)/t13-/m0/s1. The van der Waals surface area contributed by atoms with E-state index in [4.69, 9.17) is 4.74 Å². The summed E-state index contributed by atoms with van der Waals surface area (Å²) in [6, 6.07) is 5.32. The van der Waals surface area contributed by atoms with Gasteiger partial charge in [-0.15, -0.1) is 0 Å². The van der Waals surface area contributed by atoms with Gasteiger partial charge in [0.15, 0.2) is 0 Å². The van der Waals surface area contributed by atoms with Crippen molar-refractivity contribution >= 4 is 12.0 Å². The van der Waals surface area contributed by atoms with Gasteiger partial charge in [0.05, 0.1) is 6.42 Å². The lowest BCUT2D eigenvalue weighted by molar-refractivity contribution is -0.127. The number of amides is 2. The van der Waals surface area contributed by atoms with Crippen molar-refractivity contribution in [2.75, 3.05) is 0 Å². The lowest BCUT2D eigenvalue weighted by Gasteiger charge is -2.29. The summed E-state index contributed by atoms with van der Waals surface area (Å²) in [5.41, 5.74) is -0.345. The number of nitrogens with one attached hydrogen (secondary N) is 2. The maximum Gasteiger partial charge on any atom is 0.408 e. The van der Waals surface area contributed by atoms with Crippen LogP contribution in [0.2, 0.25) is 0 Å². The van der Waals surface area contributed by atoms with E-state index in [1.165, 1.54) is 12.1 Å². The van der Waals surface area contributed by atoms with Crippen LogP contribution in [-0.2, 0) is 22.4 Å². The molecule has 0 bridgehead atoms. The Morgan fingerprint density at radius 3 is 1.86 bits per heavy atom. The largest absolute Gasteiger partial charge is 0.444 e. The van der Waals surface area contributed by atoms with Crippen LogP contribution >= 0.6 is 0 Å². The van der Waals surface area contributed by atoms with Crippen molar-refractivity contribution in [3.05, 3.63) is 35.4 Å². The van der Waals surface area contributed by atoms with Gasteiger partial charge in [-0.1, -0.05) is 24.3 Å². The minimum absolute atomic E-state index is 0.188. The molecule has 1 atom stereocenters. The Bertz CT molecular complexity index is 677. The topological polar surface area (TPSA) is 67.4 Å². The second-order valence-electron chi connectivity index (χ2n) is 8.53.